The number of rotatable bonds is 1. The number of amides is 1. The normalized spacial score (nSPS) is 33.8. The summed E-state index contributed by atoms with van der Waals surface area (Å²) in [7, 11) is 0. The summed E-state index contributed by atoms with van der Waals surface area (Å²) < 4.78 is 0. The number of hydrogen-bond acceptors (Lipinski definition) is 2. The van der Waals surface area contributed by atoms with Crippen molar-refractivity contribution in [1.29, 1.82) is 0 Å². The monoisotopic (exact) mass is 126 g/mol. The fraction of sp³-hybridized carbons (Fsp3) is 0.833. The summed E-state index contributed by atoms with van der Waals surface area (Å²) in [5.41, 5.74) is 0. The molecule has 2 aliphatic rings. The molecule has 1 unspecified atom stereocenters. The van der Waals surface area contributed by atoms with Gasteiger partial charge in [-0.3, -0.25) is 9.80 Å². The third-order valence-electron chi connectivity index (χ3n) is 2.26. The van der Waals surface area contributed by atoms with Gasteiger partial charge >= 0.3 is 0 Å². The van der Waals surface area contributed by atoms with Crippen LogP contribution in [0.4, 0.5) is 0 Å². The summed E-state index contributed by atoms with van der Waals surface area (Å²) in [6.45, 7) is 2.03. The predicted molar refractivity (Wildman–Crippen MR) is 32.5 cm³/mol. The number of carbonyl (C=O) groups excluding carboxylic acids is 1. The minimum atomic E-state index is 0.704. The lowest BCUT2D eigenvalue weighted by Crippen LogP contribution is -2.49. The van der Waals surface area contributed by atoms with Crippen molar-refractivity contribution in [2.24, 2.45) is 0 Å². The summed E-state index contributed by atoms with van der Waals surface area (Å²) in [5, 5.41) is 3.93. The molecule has 3 heteroatoms. The Balaban J connectivity index is 2.04. The molecule has 0 saturated carbocycles. The molecule has 0 N–H and O–H groups in total. The Labute approximate surface area is 54.2 Å². The summed E-state index contributed by atoms with van der Waals surface area (Å²) in [5.74, 6) is 0. The van der Waals surface area contributed by atoms with Gasteiger partial charge in [0.25, 0.3) is 0 Å². The minimum absolute atomic E-state index is 0.704. The predicted octanol–water partition coefficient (Wildman–Crippen LogP) is -0.162. The number of hydrazine groups is 1. The van der Waals surface area contributed by atoms with Crippen LogP contribution in [0.25, 0.3) is 0 Å². The number of fused-ring (bicyclic) bond motifs is 1. The Bertz CT molecular complexity index is 137. The highest BCUT2D eigenvalue weighted by atomic mass is 16.2. The molecule has 0 radical (unpaired) electrons. The standard InChI is InChI=1S/C6H10N2O/c9-5-7-3-1-6-2-4-8(6)7/h5-6H,1-4H2. The van der Waals surface area contributed by atoms with E-state index in [4.69, 9.17) is 0 Å². The lowest BCUT2D eigenvalue weighted by Gasteiger charge is -2.37. The van der Waals surface area contributed by atoms with Crippen molar-refractivity contribution in [1.82, 2.24) is 10.0 Å². The molecular weight excluding hydrogens is 116 g/mol. The smallest absolute Gasteiger partial charge is 0.224 e. The van der Waals surface area contributed by atoms with Gasteiger partial charge in [0, 0.05) is 19.1 Å². The van der Waals surface area contributed by atoms with Crippen molar-refractivity contribution in [3.05, 3.63) is 0 Å². The molecule has 50 valence electrons. The molecule has 0 bridgehead atoms. The molecular formula is C6H10N2O. The van der Waals surface area contributed by atoms with Crippen LogP contribution >= 0.6 is 0 Å². The van der Waals surface area contributed by atoms with E-state index in [1.165, 1.54) is 12.8 Å². The van der Waals surface area contributed by atoms with Gasteiger partial charge in [-0.25, -0.2) is 5.01 Å². The van der Waals surface area contributed by atoms with E-state index in [1.54, 1.807) is 5.01 Å². The van der Waals surface area contributed by atoms with E-state index in [2.05, 4.69) is 5.01 Å². The van der Waals surface area contributed by atoms with Crippen molar-refractivity contribution in [2.75, 3.05) is 13.1 Å². The fourth-order valence-electron chi connectivity index (χ4n) is 1.58. The van der Waals surface area contributed by atoms with Crippen LogP contribution in [0.5, 0.6) is 0 Å². The second kappa shape index (κ2) is 1.70. The highest BCUT2D eigenvalue weighted by Gasteiger charge is 2.37. The highest BCUT2D eigenvalue weighted by molar-refractivity contribution is 5.47. The molecule has 0 aromatic heterocycles. The van der Waals surface area contributed by atoms with Crippen LogP contribution in [-0.4, -0.2) is 35.6 Å². The summed E-state index contributed by atoms with van der Waals surface area (Å²) >= 11 is 0. The topological polar surface area (TPSA) is 23.6 Å². The van der Waals surface area contributed by atoms with Crippen LogP contribution in [0.2, 0.25) is 0 Å². The molecule has 3 nitrogen and oxygen atoms in total. The van der Waals surface area contributed by atoms with Crippen molar-refractivity contribution >= 4 is 6.41 Å². The van der Waals surface area contributed by atoms with Crippen LogP contribution in [0.1, 0.15) is 12.8 Å². The minimum Gasteiger partial charge on any atom is -0.278 e. The first kappa shape index (κ1) is 5.23. The lowest BCUT2D eigenvalue weighted by molar-refractivity contribution is -0.138. The van der Waals surface area contributed by atoms with E-state index in [9.17, 15) is 4.79 Å². The zero-order valence-electron chi connectivity index (χ0n) is 5.29. The quantitative estimate of drug-likeness (QED) is 0.456. The number of hydrogen-bond donors (Lipinski definition) is 0. The number of carbonyl (C=O) groups is 1. The fourth-order valence-corrected chi connectivity index (χ4v) is 1.58. The summed E-state index contributed by atoms with van der Waals surface area (Å²) in [6, 6.07) is 0.704. The van der Waals surface area contributed by atoms with Crippen molar-refractivity contribution in [3.8, 4) is 0 Å². The maximum absolute atomic E-state index is 10.3. The van der Waals surface area contributed by atoms with Gasteiger partial charge in [-0.15, -0.1) is 0 Å². The van der Waals surface area contributed by atoms with E-state index < -0.39 is 0 Å². The Hall–Kier alpha value is -0.570. The van der Waals surface area contributed by atoms with Gasteiger partial charge in [-0.05, 0) is 12.8 Å². The Morgan fingerprint density at radius 2 is 2.11 bits per heavy atom. The van der Waals surface area contributed by atoms with Crippen LogP contribution in [-0.2, 0) is 4.79 Å². The molecule has 1 amide bonds. The van der Waals surface area contributed by atoms with Gasteiger partial charge in [-0.2, -0.15) is 0 Å². The Morgan fingerprint density at radius 1 is 1.33 bits per heavy atom. The van der Waals surface area contributed by atoms with Crippen LogP contribution in [0.3, 0.4) is 0 Å². The van der Waals surface area contributed by atoms with Gasteiger partial charge < -0.3 is 0 Å². The Kier molecular flexibility index (Phi) is 0.990. The van der Waals surface area contributed by atoms with Gasteiger partial charge in [0.2, 0.25) is 6.41 Å². The third kappa shape index (κ3) is 0.580. The third-order valence-corrected chi connectivity index (χ3v) is 2.26. The van der Waals surface area contributed by atoms with Crippen LogP contribution < -0.4 is 0 Å². The average Bonchev–Trinajstić information content (AvgIpc) is 2.07. The second-order valence-corrected chi connectivity index (χ2v) is 2.66. The molecule has 0 aliphatic carbocycles. The van der Waals surface area contributed by atoms with E-state index in [1.807, 2.05) is 0 Å². The molecule has 2 heterocycles. The molecule has 0 aromatic rings. The average molecular weight is 126 g/mol. The first-order chi connectivity index (χ1) is 4.42. The first-order valence-corrected chi connectivity index (χ1v) is 3.40. The van der Waals surface area contributed by atoms with Crippen molar-refractivity contribution in [3.63, 3.8) is 0 Å². The highest BCUT2D eigenvalue weighted by Crippen LogP contribution is 2.27. The van der Waals surface area contributed by atoms with E-state index in [0.717, 1.165) is 19.5 Å². The maximum atomic E-state index is 10.3. The van der Waals surface area contributed by atoms with Crippen molar-refractivity contribution < 1.29 is 4.79 Å². The Morgan fingerprint density at radius 3 is 2.44 bits per heavy atom. The maximum Gasteiger partial charge on any atom is 0.224 e. The molecule has 2 fully saturated rings. The summed E-state index contributed by atoms with van der Waals surface area (Å²) in [6.07, 6.45) is 3.39. The molecule has 0 spiro atoms. The second-order valence-electron chi connectivity index (χ2n) is 2.66. The van der Waals surface area contributed by atoms with E-state index >= 15 is 0 Å². The largest absolute Gasteiger partial charge is 0.278 e. The molecule has 2 rings (SSSR count). The van der Waals surface area contributed by atoms with E-state index in [-0.39, 0.29) is 0 Å². The van der Waals surface area contributed by atoms with Crippen LogP contribution in [0.15, 0.2) is 0 Å². The van der Waals surface area contributed by atoms with Gasteiger partial charge in [0.1, 0.15) is 0 Å². The van der Waals surface area contributed by atoms with Crippen molar-refractivity contribution in [2.45, 2.75) is 18.9 Å². The molecule has 0 aromatic carbocycles. The lowest BCUT2D eigenvalue weighted by atomic mass is 10.1. The molecule has 2 saturated heterocycles. The first-order valence-electron chi connectivity index (χ1n) is 3.40. The zero-order chi connectivity index (χ0) is 6.27. The number of nitrogens with zero attached hydrogens (tertiary/aromatic N) is 2. The van der Waals surface area contributed by atoms with Gasteiger partial charge in [-0.1, -0.05) is 0 Å². The molecule has 2 aliphatic heterocycles. The van der Waals surface area contributed by atoms with Gasteiger partial charge in [0.05, 0.1) is 0 Å². The molecule has 9 heavy (non-hydrogen) atoms. The van der Waals surface area contributed by atoms with Crippen LogP contribution in [0, 0.1) is 0 Å². The SMILES string of the molecule is O=CN1CCC2CCN21. The van der Waals surface area contributed by atoms with Gasteiger partial charge in [0.15, 0.2) is 0 Å². The molecule has 1 atom stereocenters. The zero-order valence-corrected chi connectivity index (χ0v) is 5.29. The summed E-state index contributed by atoms with van der Waals surface area (Å²) in [4.78, 5) is 10.3. The van der Waals surface area contributed by atoms with E-state index in [0.29, 0.717) is 6.04 Å².